The zero-order valence-corrected chi connectivity index (χ0v) is 17.4. The third kappa shape index (κ3) is 4.42. The van der Waals surface area contributed by atoms with Gasteiger partial charge in [0.15, 0.2) is 0 Å². The van der Waals surface area contributed by atoms with Gasteiger partial charge in [0.2, 0.25) is 0 Å². The quantitative estimate of drug-likeness (QED) is 0.568. The molecule has 2 aromatic carbocycles. The molecule has 0 atom stereocenters. The highest BCUT2D eigenvalue weighted by atomic mass is 16.5. The summed E-state index contributed by atoms with van der Waals surface area (Å²) in [6.45, 7) is 2.81. The molecule has 1 aromatic heterocycles. The molecule has 0 radical (unpaired) electrons. The topological polar surface area (TPSA) is 56.6 Å². The second-order valence-electron chi connectivity index (χ2n) is 6.82. The minimum atomic E-state index is -0.0616. The van der Waals surface area contributed by atoms with Crippen LogP contribution in [-0.4, -0.2) is 48.4 Å². The van der Waals surface area contributed by atoms with Crippen LogP contribution in [0.25, 0.3) is 16.9 Å². The van der Waals surface area contributed by atoms with E-state index in [1.54, 1.807) is 36.1 Å². The van der Waals surface area contributed by atoms with E-state index in [1.807, 2.05) is 49.5 Å². The molecule has 1 heterocycles. The number of rotatable bonds is 8. The van der Waals surface area contributed by atoms with Crippen LogP contribution in [0.2, 0.25) is 0 Å². The molecule has 6 nitrogen and oxygen atoms in total. The SMILES string of the molecule is CCCCN(C)C(=O)c1cn(-c2ccccc2)nc1-c1ccc(OC)cc1OC. The Hall–Kier alpha value is -3.28. The van der Waals surface area contributed by atoms with Crippen LogP contribution in [0.5, 0.6) is 11.5 Å². The first-order valence-corrected chi connectivity index (χ1v) is 9.72. The van der Waals surface area contributed by atoms with Crippen molar-refractivity contribution < 1.29 is 14.3 Å². The fourth-order valence-corrected chi connectivity index (χ4v) is 3.14. The lowest BCUT2D eigenvalue weighted by molar-refractivity contribution is 0.0794. The van der Waals surface area contributed by atoms with Crippen molar-refractivity contribution in [2.24, 2.45) is 0 Å². The third-order valence-corrected chi connectivity index (χ3v) is 4.82. The van der Waals surface area contributed by atoms with Gasteiger partial charge in [0, 0.05) is 31.4 Å². The number of amides is 1. The molecule has 3 aromatic rings. The number of para-hydroxylation sites is 1. The summed E-state index contributed by atoms with van der Waals surface area (Å²) in [6.07, 6.45) is 3.77. The Morgan fingerprint density at radius 2 is 1.86 bits per heavy atom. The number of aromatic nitrogens is 2. The van der Waals surface area contributed by atoms with Gasteiger partial charge in [0.1, 0.15) is 17.2 Å². The van der Waals surface area contributed by atoms with Crippen LogP contribution in [0.1, 0.15) is 30.1 Å². The van der Waals surface area contributed by atoms with Gasteiger partial charge < -0.3 is 14.4 Å². The largest absolute Gasteiger partial charge is 0.497 e. The molecule has 29 heavy (non-hydrogen) atoms. The molecule has 1 amide bonds. The van der Waals surface area contributed by atoms with E-state index >= 15 is 0 Å². The predicted molar refractivity (Wildman–Crippen MR) is 114 cm³/mol. The molecule has 0 N–H and O–H groups in total. The van der Waals surface area contributed by atoms with Gasteiger partial charge in [-0.1, -0.05) is 31.5 Å². The van der Waals surface area contributed by atoms with Crippen molar-refractivity contribution in [3.05, 3.63) is 60.3 Å². The summed E-state index contributed by atoms with van der Waals surface area (Å²) in [5.74, 6) is 1.22. The minimum absolute atomic E-state index is 0.0616. The highest BCUT2D eigenvalue weighted by Gasteiger charge is 2.23. The molecular formula is C23H27N3O3. The molecule has 0 aliphatic carbocycles. The maximum Gasteiger partial charge on any atom is 0.257 e. The monoisotopic (exact) mass is 393 g/mol. The summed E-state index contributed by atoms with van der Waals surface area (Å²) in [6, 6.07) is 15.3. The summed E-state index contributed by atoms with van der Waals surface area (Å²) < 4.78 is 12.6. The molecule has 0 aliphatic heterocycles. The lowest BCUT2D eigenvalue weighted by atomic mass is 10.1. The summed E-state index contributed by atoms with van der Waals surface area (Å²) >= 11 is 0. The number of hydrogen-bond acceptors (Lipinski definition) is 4. The van der Waals surface area contributed by atoms with Gasteiger partial charge in [-0.3, -0.25) is 4.79 Å². The zero-order chi connectivity index (χ0) is 20.8. The van der Waals surface area contributed by atoms with E-state index in [9.17, 15) is 4.79 Å². The van der Waals surface area contributed by atoms with Crippen molar-refractivity contribution >= 4 is 5.91 Å². The van der Waals surface area contributed by atoms with E-state index in [1.165, 1.54) is 0 Å². The van der Waals surface area contributed by atoms with Crippen molar-refractivity contribution in [1.29, 1.82) is 0 Å². The Bertz CT molecular complexity index is 967. The van der Waals surface area contributed by atoms with E-state index in [-0.39, 0.29) is 5.91 Å². The Morgan fingerprint density at radius 1 is 1.10 bits per heavy atom. The molecule has 0 fully saturated rings. The van der Waals surface area contributed by atoms with Crippen LogP contribution in [0.4, 0.5) is 0 Å². The van der Waals surface area contributed by atoms with Crippen LogP contribution in [0.3, 0.4) is 0 Å². The van der Waals surface area contributed by atoms with Gasteiger partial charge in [-0.15, -0.1) is 0 Å². The molecule has 0 spiro atoms. The first-order chi connectivity index (χ1) is 14.1. The second kappa shape index (κ2) is 9.28. The van der Waals surface area contributed by atoms with Crippen LogP contribution in [0, 0.1) is 0 Å². The average molecular weight is 393 g/mol. The number of benzene rings is 2. The van der Waals surface area contributed by atoms with Crippen molar-refractivity contribution in [3.8, 4) is 28.4 Å². The van der Waals surface area contributed by atoms with Gasteiger partial charge >= 0.3 is 0 Å². The number of carbonyl (C=O) groups excluding carboxylic acids is 1. The molecule has 0 saturated carbocycles. The summed E-state index contributed by atoms with van der Waals surface area (Å²) in [5, 5.41) is 4.75. The number of carbonyl (C=O) groups is 1. The lowest BCUT2D eigenvalue weighted by Crippen LogP contribution is -2.27. The molecule has 0 unspecified atom stereocenters. The second-order valence-corrected chi connectivity index (χ2v) is 6.82. The predicted octanol–water partition coefficient (Wildman–Crippen LogP) is 4.43. The van der Waals surface area contributed by atoms with Crippen molar-refractivity contribution in [3.63, 3.8) is 0 Å². The van der Waals surface area contributed by atoms with E-state index in [2.05, 4.69) is 6.92 Å². The molecule has 0 saturated heterocycles. The number of unbranched alkanes of at least 4 members (excludes halogenated alkanes) is 1. The van der Waals surface area contributed by atoms with E-state index < -0.39 is 0 Å². The third-order valence-electron chi connectivity index (χ3n) is 4.82. The van der Waals surface area contributed by atoms with E-state index in [4.69, 9.17) is 14.6 Å². The molecule has 0 bridgehead atoms. The Balaban J connectivity index is 2.12. The highest BCUT2D eigenvalue weighted by molar-refractivity contribution is 6.00. The fourth-order valence-electron chi connectivity index (χ4n) is 3.14. The number of hydrogen-bond donors (Lipinski definition) is 0. The molecule has 6 heteroatoms. The maximum absolute atomic E-state index is 13.2. The number of methoxy groups -OCH3 is 2. The Morgan fingerprint density at radius 3 is 2.52 bits per heavy atom. The van der Waals surface area contributed by atoms with Crippen molar-refractivity contribution in [2.75, 3.05) is 27.8 Å². The smallest absolute Gasteiger partial charge is 0.257 e. The first kappa shape index (κ1) is 20.5. The Labute approximate surface area is 171 Å². The van der Waals surface area contributed by atoms with E-state index in [0.29, 0.717) is 29.3 Å². The van der Waals surface area contributed by atoms with Crippen molar-refractivity contribution in [1.82, 2.24) is 14.7 Å². The van der Waals surface area contributed by atoms with Gasteiger partial charge in [-0.05, 0) is 30.7 Å². The summed E-state index contributed by atoms with van der Waals surface area (Å²) in [4.78, 5) is 15.0. The normalized spacial score (nSPS) is 10.6. The minimum Gasteiger partial charge on any atom is -0.497 e. The highest BCUT2D eigenvalue weighted by Crippen LogP contribution is 2.35. The zero-order valence-electron chi connectivity index (χ0n) is 17.4. The van der Waals surface area contributed by atoms with Crippen LogP contribution in [-0.2, 0) is 0 Å². The number of ether oxygens (including phenoxy) is 2. The van der Waals surface area contributed by atoms with Crippen molar-refractivity contribution in [2.45, 2.75) is 19.8 Å². The molecule has 0 aliphatic rings. The molecule has 3 rings (SSSR count). The Kier molecular flexibility index (Phi) is 6.54. The molecular weight excluding hydrogens is 366 g/mol. The maximum atomic E-state index is 13.2. The van der Waals surface area contributed by atoms with Crippen LogP contribution in [0.15, 0.2) is 54.7 Å². The van der Waals surface area contributed by atoms with Gasteiger partial charge in [-0.2, -0.15) is 5.10 Å². The standard InChI is InChI=1S/C23H27N3O3/c1-5-6-14-25(2)23(27)20-16-26(17-10-8-7-9-11-17)24-22(20)19-13-12-18(28-3)15-21(19)29-4/h7-13,15-16H,5-6,14H2,1-4H3. The fraction of sp³-hybridized carbons (Fsp3) is 0.304. The lowest BCUT2D eigenvalue weighted by Gasteiger charge is -2.17. The summed E-state index contributed by atoms with van der Waals surface area (Å²) in [7, 11) is 5.03. The van der Waals surface area contributed by atoms with Gasteiger partial charge in [0.25, 0.3) is 5.91 Å². The van der Waals surface area contributed by atoms with Crippen LogP contribution >= 0.6 is 0 Å². The molecule has 152 valence electrons. The summed E-state index contributed by atoms with van der Waals surface area (Å²) in [5.41, 5.74) is 2.75. The van der Waals surface area contributed by atoms with Crippen LogP contribution < -0.4 is 9.47 Å². The van der Waals surface area contributed by atoms with Gasteiger partial charge in [0.05, 0.1) is 25.5 Å². The van der Waals surface area contributed by atoms with Gasteiger partial charge in [-0.25, -0.2) is 4.68 Å². The first-order valence-electron chi connectivity index (χ1n) is 9.72. The average Bonchev–Trinajstić information content (AvgIpc) is 3.22. The van der Waals surface area contributed by atoms with E-state index in [0.717, 1.165) is 24.1 Å². The number of nitrogens with zero attached hydrogens (tertiary/aromatic N) is 3.